The summed E-state index contributed by atoms with van der Waals surface area (Å²) < 4.78 is 0. The quantitative estimate of drug-likeness (QED) is 0.826. The number of aromatic hydroxyl groups is 1. The number of hydrogen-bond acceptors (Lipinski definition) is 2. The normalized spacial score (nSPS) is 10.0. The molecule has 0 saturated carbocycles. The lowest BCUT2D eigenvalue weighted by Gasteiger charge is -2.09. The fourth-order valence-corrected chi connectivity index (χ4v) is 2.00. The highest BCUT2D eigenvalue weighted by molar-refractivity contribution is 7.80. The molecule has 0 atom stereocenters. The maximum atomic E-state index is 9.67. The summed E-state index contributed by atoms with van der Waals surface area (Å²) in [5, 5.41) is 12.8. The summed E-state index contributed by atoms with van der Waals surface area (Å²) in [5.41, 5.74) is 1.95. The number of thiocarbonyl (C=S) groups is 1. The minimum atomic E-state index is 0.217. The van der Waals surface area contributed by atoms with Crippen molar-refractivity contribution < 1.29 is 5.11 Å². The summed E-state index contributed by atoms with van der Waals surface area (Å²) in [6.45, 7) is 0.761. The van der Waals surface area contributed by atoms with Crippen LogP contribution in [0.15, 0.2) is 54.6 Å². The number of para-hydroxylation sites is 1. The van der Waals surface area contributed by atoms with Gasteiger partial charge in [-0.2, -0.15) is 0 Å². The van der Waals surface area contributed by atoms with Gasteiger partial charge in [0, 0.05) is 6.54 Å². The zero-order valence-electron chi connectivity index (χ0n) is 9.97. The van der Waals surface area contributed by atoms with Gasteiger partial charge in [-0.25, -0.2) is 0 Å². The molecule has 2 rings (SSSR count). The topological polar surface area (TPSA) is 32.3 Å². The largest absolute Gasteiger partial charge is 0.507 e. The Morgan fingerprint density at radius 3 is 2.39 bits per heavy atom. The van der Waals surface area contributed by atoms with Crippen LogP contribution in [-0.2, 0) is 6.42 Å². The first-order valence-corrected chi connectivity index (χ1v) is 6.28. The van der Waals surface area contributed by atoms with Crippen molar-refractivity contribution in [2.24, 2.45) is 0 Å². The predicted molar refractivity (Wildman–Crippen MR) is 78.0 cm³/mol. The molecule has 0 saturated heterocycles. The van der Waals surface area contributed by atoms with Crippen LogP contribution in [0, 0.1) is 0 Å². The summed E-state index contributed by atoms with van der Waals surface area (Å²) in [4.78, 5) is 0.587. The van der Waals surface area contributed by atoms with E-state index in [0.717, 1.165) is 13.0 Å². The number of phenolic OH excluding ortho intramolecular Hbond substituents is 1. The highest BCUT2D eigenvalue weighted by atomic mass is 32.1. The molecule has 2 nitrogen and oxygen atoms in total. The van der Waals surface area contributed by atoms with Gasteiger partial charge in [0.05, 0.1) is 5.56 Å². The van der Waals surface area contributed by atoms with E-state index in [1.807, 2.05) is 30.3 Å². The van der Waals surface area contributed by atoms with E-state index in [2.05, 4.69) is 17.4 Å². The van der Waals surface area contributed by atoms with Gasteiger partial charge in [0.2, 0.25) is 0 Å². The van der Waals surface area contributed by atoms with Crippen molar-refractivity contribution in [3.63, 3.8) is 0 Å². The lowest BCUT2D eigenvalue weighted by Crippen LogP contribution is -2.24. The Morgan fingerprint density at radius 2 is 1.67 bits per heavy atom. The Labute approximate surface area is 112 Å². The molecular weight excluding hydrogens is 242 g/mol. The minimum Gasteiger partial charge on any atom is -0.507 e. The van der Waals surface area contributed by atoms with E-state index in [1.165, 1.54) is 5.56 Å². The van der Waals surface area contributed by atoms with Gasteiger partial charge in [0.1, 0.15) is 10.7 Å². The molecule has 0 aliphatic carbocycles. The third kappa shape index (κ3) is 3.31. The second-order valence-corrected chi connectivity index (χ2v) is 4.42. The van der Waals surface area contributed by atoms with Crippen LogP contribution in [0.25, 0.3) is 0 Å². The molecule has 2 aromatic rings. The summed E-state index contributed by atoms with van der Waals surface area (Å²) in [6, 6.07) is 17.3. The smallest absolute Gasteiger partial charge is 0.125 e. The number of hydrogen-bond donors (Lipinski definition) is 2. The second-order valence-electron chi connectivity index (χ2n) is 4.01. The molecule has 3 heteroatoms. The van der Waals surface area contributed by atoms with Crippen LogP contribution >= 0.6 is 12.2 Å². The molecule has 0 fully saturated rings. The number of nitrogens with one attached hydrogen (secondary N) is 1. The standard InChI is InChI=1S/C15H15NOS/c17-14-9-5-4-8-13(14)15(18)16-11-10-12-6-2-1-3-7-12/h1-9,17H,10-11H2,(H,16,18). The van der Waals surface area contributed by atoms with Crippen molar-refractivity contribution in [3.8, 4) is 5.75 Å². The van der Waals surface area contributed by atoms with Crippen LogP contribution in [0.5, 0.6) is 5.75 Å². The molecule has 0 spiro atoms. The van der Waals surface area contributed by atoms with Gasteiger partial charge in [0.25, 0.3) is 0 Å². The first-order valence-electron chi connectivity index (χ1n) is 5.87. The van der Waals surface area contributed by atoms with E-state index in [9.17, 15) is 5.11 Å². The zero-order valence-corrected chi connectivity index (χ0v) is 10.8. The minimum absolute atomic E-state index is 0.217. The summed E-state index contributed by atoms with van der Waals surface area (Å²) in [6.07, 6.45) is 0.911. The Morgan fingerprint density at radius 1 is 1.00 bits per heavy atom. The Kier molecular flexibility index (Phi) is 4.31. The molecule has 0 heterocycles. The molecule has 0 unspecified atom stereocenters. The van der Waals surface area contributed by atoms with E-state index >= 15 is 0 Å². The summed E-state index contributed by atoms with van der Waals surface area (Å²) in [5.74, 6) is 0.217. The van der Waals surface area contributed by atoms with E-state index < -0.39 is 0 Å². The second kappa shape index (κ2) is 6.17. The van der Waals surface area contributed by atoms with Gasteiger partial charge >= 0.3 is 0 Å². The SMILES string of the molecule is Oc1ccccc1C(=S)NCCc1ccccc1. The number of rotatable bonds is 4. The first-order chi connectivity index (χ1) is 8.77. The fraction of sp³-hybridized carbons (Fsp3) is 0.133. The molecule has 2 aromatic carbocycles. The molecule has 2 N–H and O–H groups in total. The van der Waals surface area contributed by atoms with Crippen molar-refractivity contribution in [1.29, 1.82) is 0 Å². The van der Waals surface area contributed by atoms with Crippen molar-refractivity contribution in [1.82, 2.24) is 5.32 Å². The van der Waals surface area contributed by atoms with Crippen molar-refractivity contribution in [2.75, 3.05) is 6.54 Å². The highest BCUT2D eigenvalue weighted by Crippen LogP contribution is 2.15. The summed E-state index contributed by atoms with van der Waals surface area (Å²) >= 11 is 5.25. The van der Waals surface area contributed by atoms with Crippen LogP contribution in [0.4, 0.5) is 0 Å². The van der Waals surface area contributed by atoms with Crippen LogP contribution in [0.3, 0.4) is 0 Å². The van der Waals surface area contributed by atoms with Crippen molar-refractivity contribution >= 4 is 17.2 Å². The van der Waals surface area contributed by atoms with Gasteiger partial charge in [-0.05, 0) is 24.1 Å². The van der Waals surface area contributed by atoms with Crippen LogP contribution in [-0.4, -0.2) is 16.6 Å². The maximum absolute atomic E-state index is 9.67. The zero-order chi connectivity index (χ0) is 12.8. The van der Waals surface area contributed by atoms with Crippen LogP contribution in [0.2, 0.25) is 0 Å². The monoisotopic (exact) mass is 257 g/mol. The average molecular weight is 257 g/mol. The van der Waals surface area contributed by atoms with Gasteiger partial charge in [-0.15, -0.1) is 0 Å². The molecule has 0 aliphatic rings. The first kappa shape index (κ1) is 12.6. The Bertz CT molecular complexity index is 525. The van der Waals surface area contributed by atoms with Gasteiger partial charge < -0.3 is 10.4 Å². The molecule has 0 aromatic heterocycles. The predicted octanol–water partition coefficient (Wildman–Crippen LogP) is 2.90. The lowest BCUT2D eigenvalue weighted by atomic mass is 10.1. The average Bonchev–Trinajstić information content (AvgIpc) is 2.40. The van der Waals surface area contributed by atoms with E-state index in [4.69, 9.17) is 12.2 Å². The molecule has 0 amide bonds. The molecule has 0 aliphatic heterocycles. The molecular formula is C15H15NOS. The summed E-state index contributed by atoms with van der Waals surface area (Å²) in [7, 11) is 0. The lowest BCUT2D eigenvalue weighted by molar-refractivity contribution is 0.474. The van der Waals surface area contributed by atoms with Gasteiger partial charge in [-0.1, -0.05) is 54.7 Å². The molecule has 0 radical (unpaired) electrons. The molecule has 0 bridgehead atoms. The third-order valence-corrected chi connectivity index (χ3v) is 3.05. The maximum Gasteiger partial charge on any atom is 0.125 e. The Hall–Kier alpha value is -1.87. The van der Waals surface area contributed by atoms with Crippen molar-refractivity contribution in [3.05, 3.63) is 65.7 Å². The van der Waals surface area contributed by atoms with Gasteiger partial charge in [0.15, 0.2) is 0 Å². The molecule has 18 heavy (non-hydrogen) atoms. The van der Waals surface area contributed by atoms with Gasteiger partial charge in [-0.3, -0.25) is 0 Å². The number of phenols is 1. The van der Waals surface area contributed by atoms with E-state index in [-0.39, 0.29) is 5.75 Å². The van der Waals surface area contributed by atoms with Crippen LogP contribution in [0.1, 0.15) is 11.1 Å². The van der Waals surface area contributed by atoms with E-state index in [1.54, 1.807) is 12.1 Å². The number of benzene rings is 2. The van der Waals surface area contributed by atoms with Crippen LogP contribution < -0.4 is 5.32 Å². The Balaban J connectivity index is 1.88. The molecule has 92 valence electrons. The highest BCUT2D eigenvalue weighted by Gasteiger charge is 2.04. The van der Waals surface area contributed by atoms with E-state index in [0.29, 0.717) is 10.6 Å². The fourth-order valence-electron chi connectivity index (χ4n) is 1.73. The van der Waals surface area contributed by atoms with Crippen molar-refractivity contribution in [2.45, 2.75) is 6.42 Å². The third-order valence-electron chi connectivity index (χ3n) is 2.69.